The van der Waals surface area contributed by atoms with E-state index in [1.54, 1.807) is 24.3 Å². The quantitative estimate of drug-likeness (QED) is 0.272. The third-order valence-electron chi connectivity index (χ3n) is 5.46. The number of methoxy groups -OCH3 is 2. The number of hydrogen-bond acceptors (Lipinski definition) is 5. The fraction of sp³-hybridized carbons (Fsp3) is 0.120. The number of benzene rings is 3. The molecule has 0 spiro atoms. The Balaban J connectivity index is 1.97. The number of ether oxygens (including phenoxy) is 2. The summed E-state index contributed by atoms with van der Waals surface area (Å²) in [4.78, 5) is 27.6. The van der Waals surface area contributed by atoms with E-state index < -0.39 is 29.3 Å². The third kappa shape index (κ3) is 4.08. The Morgan fingerprint density at radius 1 is 0.971 bits per heavy atom. The van der Waals surface area contributed by atoms with Crippen LogP contribution in [-0.4, -0.2) is 31.0 Å². The number of Topliss-reactive ketones (excluding diaryl/α,β-unsaturated/α-hetero) is 1. The van der Waals surface area contributed by atoms with Crippen molar-refractivity contribution in [2.75, 3.05) is 19.1 Å². The van der Waals surface area contributed by atoms with Gasteiger partial charge in [0.1, 0.15) is 23.1 Å². The van der Waals surface area contributed by atoms with Gasteiger partial charge in [-0.1, -0.05) is 35.3 Å². The van der Waals surface area contributed by atoms with Crippen molar-refractivity contribution in [3.63, 3.8) is 0 Å². The number of hydrogen-bond donors (Lipinski definition) is 1. The Morgan fingerprint density at radius 3 is 2.41 bits per heavy atom. The minimum absolute atomic E-state index is 0.164. The molecule has 0 aromatic heterocycles. The number of anilines is 1. The maximum absolute atomic E-state index is 13.8. The number of amides is 1. The van der Waals surface area contributed by atoms with Gasteiger partial charge in [-0.05, 0) is 54.1 Å². The lowest BCUT2D eigenvalue weighted by Gasteiger charge is -2.26. The molecule has 1 atom stereocenters. The number of nitrogens with zero attached hydrogens (tertiary/aromatic N) is 1. The van der Waals surface area contributed by atoms with Crippen molar-refractivity contribution in [3.8, 4) is 11.5 Å². The van der Waals surface area contributed by atoms with Gasteiger partial charge in [0.25, 0.3) is 11.7 Å². The van der Waals surface area contributed by atoms with Crippen LogP contribution in [0, 0.1) is 5.82 Å². The molecule has 1 aliphatic heterocycles. The average Bonchev–Trinajstić information content (AvgIpc) is 3.11. The first kappa shape index (κ1) is 23.6. The van der Waals surface area contributed by atoms with E-state index in [9.17, 15) is 19.1 Å². The van der Waals surface area contributed by atoms with Gasteiger partial charge in [-0.25, -0.2) is 4.39 Å². The predicted molar refractivity (Wildman–Crippen MR) is 127 cm³/mol. The molecule has 34 heavy (non-hydrogen) atoms. The molecule has 6 nitrogen and oxygen atoms in total. The second kappa shape index (κ2) is 9.37. The topological polar surface area (TPSA) is 76.1 Å². The third-order valence-corrected chi connectivity index (χ3v) is 6.06. The summed E-state index contributed by atoms with van der Waals surface area (Å²) in [6.45, 7) is 0. The van der Waals surface area contributed by atoms with Crippen LogP contribution < -0.4 is 14.4 Å². The van der Waals surface area contributed by atoms with Crippen LogP contribution in [0.15, 0.2) is 66.2 Å². The highest BCUT2D eigenvalue weighted by molar-refractivity contribution is 6.51. The molecule has 0 bridgehead atoms. The van der Waals surface area contributed by atoms with Crippen LogP contribution in [0.1, 0.15) is 17.2 Å². The lowest BCUT2D eigenvalue weighted by Crippen LogP contribution is -2.29. The van der Waals surface area contributed by atoms with E-state index >= 15 is 0 Å². The van der Waals surface area contributed by atoms with Gasteiger partial charge in [-0.3, -0.25) is 14.5 Å². The first-order valence-electron chi connectivity index (χ1n) is 10.0. The van der Waals surface area contributed by atoms with Gasteiger partial charge in [-0.15, -0.1) is 0 Å². The number of halogens is 3. The van der Waals surface area contributed by atoms with Crippen LogP contribution in [-0.2, 0) is 9.59 Å². The van der Waals surface area contributed by atoms with E-state index in [1.165, 1.54) is 49.5 Å². The molecule has 1 aliphatic rings. The van der Waals surface area contributed by atoms with Crippen LogP contribution >= 0.6 is 23.2 Å². The van der Waals surface area contributed by atoms with Crippen LogP contribution in [0.25, 0.3) is 5.76 Å². The summed E-state index contributed by atoms with van der Waals surface area (Å²) in [7, 11) is 2.90. The molecular formula is C25H18Cl2FNO5. The van der Waals surface area contributed by atoms with Crippen molar-refractivity contribution in [1.82, 2.24) is 0 Å². The fourth-order valence-corrected chi connectivity index (χ4v) is 4.19. The molecule has 174 valence electrons. The zero-order valence-electron chi connectivity index (χ0n) is 18.0. The molecule has 3 aromatic carbocycles. The molecule has 3 aromatic rings. The Kier molecular flexibility index (Phi) is 6.50. The van der Waals surface area contributed by atoms with Crippen molar-refractivity contribution < 1.29 is 28.6 Å². The highest BCUT2D eigenvalue weighted by atomic mass is 35.5. The first-order valence-corrected chi connectivity index (χ1v) is 10.8. The molecule has 1 heterocycles. The number of carbonyl (C=O) groups excluding carboxylic acids is 2. The number of rotatable bonds is 5. The summed E-state index contributed by atoms with van der Waals surface area (Å²) in [6.07, 6.45) is 0. The second-order valence-corrected chi connectivity index (χ2v) is 8.21. The van der Waals surface area contributed by atoms with E-state index in [0.29, 0.717) is 16.3 Å². The van der Waals surface area contributed by atoms with Crippen LogP contribution in [0.3, 0.4) is 0 Å². The van der Waals surface area contributed by atoms with E-state index in [4.69, 9.17) is 32.7 Å². The van der Waals surface area contributed by atoms with Crippen molar-refractivity contribution in [3.05, 3.63) is 93.2 Å². The van der Waals surface area contributed by atoms with Crippen molar-refractivity contribution in [2.45, 2.75) is 6.04 Å². The molecule has 9 heteroatoms. The number of aliphatic hydroxyl groups excluding tert-OH is 1. The van der Waals surface area contributed by atoms with Crippen LogP contribution in [0.4, 0.5) is 10.1 Å². The first-order chi connectivity index (χ1) is 16.3. The SMILES string of the molecule is COc1cccc(C2/C(=C(\O)c3ccc(Cl)c(OC)c3)C(=O)C(=O)N2c2ccc(F)c(Cl)c2)c1. The molecule has 1 amide bonds. The van der Waals surface area contributed by atoms with Gasteiger partial charge in [-0.2, -0.15) is 0 Å². The Morgan fingerprint density at radius 2 is 1.74 bits per heavy atom. The van der Waals surface area contributed by atoms with E-state index in [1.807, 2.05) is 0 Å². The maximum atomic E-state index is 13.8. The minimum Gasteiger partial charge on any atom is -0.507 e. The van der Waals surface area contributed by atoms with Crippen LogP contribution in [0.2, 0.25) is 10.0 Å². The van der Waals surface area contributed by atoms with E-state index in [-0.39, 0.29) is 27.6 Å². The number of aliphatic hydroxyl groups is 1. The molecule has 1 N–H and O–H groups in total. The largest absolute Gasteiger partial charge is 0.507 e. The summed E-state index contributed by atoms with van der Waals surface area (Å²) >= 11 is 12.0. The molecular weight excluding hydrogens is 484 g/mol. The zero-order valence-corrected chi connectivity index (χ0v) is 19.5. The van der Waals surface area contributed by atoms with Gasteiger partial charge >= 0.3 is 0 Å². The van der Waals surface area contributed by atoms with Gasteiger partial charge in [0.2, 0.25) is 0 Å². The normalized spacial score (nSPS) is 17.2. The summed E-state index contributed by atoms with van der Waals surface area (Å²) in [5.41, 5.74) is 0.739. The smallest absolute Gasteiger partial charge is 0.300 e. The second-order valence-electron chi connectivity index (χ2n) is 7.39. The molecule has 4 rings (SSSR count). The average molecular weight is 502 g/mol. The number of ketones is 1. The number of carbonyl (C=O) groups is 2. The predicted octanol–water partition coefficient (Wildman–Crippen LogP) is 5.78. The lowest BCUT2D eigenvalue weighted by molar-refractivity contribution is -0.132. The highest BCUT2D eigenvalue weighted by Crippen LogP contribution is 2.44. The highest BCUT2D eigenvalue weighted by Gasteiger charge is 2.47. The molecule has 1 fully saturated rings. The van der Waals surface area contributed by atoms with E-state index in [0.717, 1.165) is 6.07 Å². The van der Waals surface area contributed by atoms with Crippen LogP contribution in [0.5, 0.6) is 11.5 Å². The molecule has 0 aliphatic carbocycles. The summed E-state index contributed by atoms with van der Waals surface area (Å²) in [6, 6.07) is 13.8. The van der Waals surface area contributed by atoms with Crippen molar-refractivity contribution >= 4 is 46.3 Å². The molecule has 1 unspecified atom stereocenters. The van der Waals surface area contributed by atoms with Gasteiger partial charge in [0.05, 0.1) is 35.9 Å². The minimum atomic E-state index is -1.04. The summed E-state index contributed by atoms with van der Waals surface area (Å²) in [5, 5.41) is 11.3. The van der Waals surface area contributed by atoms with Gasteiger partial charge in [0.15, 0.2) is 0 Å². The Hall–Kier alpha value is -3.55. The van der Waals surface area contributed by atoms with Crippen molar-refractivity contribution in [1.29, 1.82) is 0 Å². The monoisotopic (exact) mass is 501 g/mol. The standard InChI is InChI=1S/C25H18Cl2FNO5/c1-33-16-5-3-4-13(10-16)22-21(23(30)14-6-8-17(26)20(11-14)34-2)24(31)25(32)29(22)15-7-9-19(28)18(27)12-15/h3-12,22,30H,1-2H3/b23-21+. The zero-order chi connectivity index (χ0) is 24.6. The van der Waals surface area contributed by atoms with E-state index in [2.05, 4.69) is 0 Å². The maximum Gasteiger partial charge on any atom is 0.300 e. The van der Waals surface area contributed by atoms with Gasteiger partial charge < -0.3 is 14.6 Å². The lowest BCUT2D eigenvalue weighted by atomic mass is 9.95. The Bertz CT molecular complexity index is 1340. The Labute approximate surface area is 204 Å². The molecule has 1 saturated heterocycles. The summed E-state index contributed by atoms with van der Waals surface area (Å²) in [5.74, 6) is -2.15. The van der Waals surface area contributed by atoms with Crippen molar-refractivity contribution in [2.24, 2.45) is 0 Å². The van der Waals surface area contributed by atoms with Gasteiger partial charge in [0, 0.05) is 11.3 Å². The fourth-order valence-electron chi connectivity index (χ4n) is 3.82. The summed E-state index contributed by atoms with van der Waals surface area (Å²) < 4.78 is 24.3. The molecule has 0 radical (unpaired) electrons. The molecule has 0 saturated carbocycles.